The van der Waals surface area contributed by atoms with Gasteiger partial charge in [-0.1, -0.05) is 35.3 Å². The molecule has 0 aliphatic carbocycles. The van der Waals surface area contributed by atoms with Gasteiger partial charge < -0.3 is 5.73 Å². The van der Waals surface area contributed by atoms with Crippen molar-refractivity contribution in [3.8, 4) is 0 Å². The quantitative estimate of drug-likeness (QED) is 0.914. The van der Waals surface area contributed by atoms with Crippen LogP contribution < -0.4 is 5.73 Å². The number of nitrogens with two attached hydrogens (primary N) is 1. The van der Waals surface area contributed by atoms with Crippen LogP contribution in [0.5, 0.6) is 0 Å². The molecule has 4 heteroatoms. The zero-order chi connectivity index (χ0) is 13.7. The first kappa shape index (κ1) is 14.3. The SMILES string of the molecule is NCCc1ncccc1CCc1ccc(Cl)cc1Cl. The number of aromatic nitrogens is 1. The molecular formula is C15H16Cl2N2. The zero-order valence-corrected chi connectivity index (χ0v) is 12.1. The van der Waals surface area contributed by atoms with Crippen molar-refractivity contribution in [1.29, 1.82) is 0 Å². The maximum absolute atomic E-state index is 6.18. The van der Waals surface area contributed by atoms with Crippen LogP contribution in [0.2, 0.25) is 10.0 Å². The van der Waals surface area contributed by atoms with Gasteiger partial charge in [0.2, 0.25) is 0 Å². The lowest BCUT2D eigenvalue weighted by Crippen LogP contribution is -2.07. The fourth-order valence-electron chi connectivity index (χ4n) is 2.05. The van der Waals surface area contributed by atoms with E-state index in [0.717, 1.165) is 35.5 Å². The molecule has 0 bridgehead atoms. The standard InChI is InChI=1S/C15H16Cl2N2/c16-13-6-5-11(14(17)10-13)3-4-12-2-1-9-19-15(12)7-8-18/h1-2,5-6,9-10H,3-4,7-8,18H2. The molecule has 2 rings (SSSR count). The van der Waals surface area contributed by atoms with Crippen LogP contribution in [0.15, 0.2) is 36.5 Å². The third-order valence-corrected chi connectivity index (χ3v) is 3.63. The van der Waals surface area contributed by atoms with Crippen molar-refractivity contribution in [1.82, 2.24) is 4.98 Å². The highest BCUT2D eigenvalue weighted by molar-refractivity contribution is 6.35. The highest BCUT2D eigenvalue weighted by Crippen LogP contribution is 2.22. The second kappa shape index (κ2) is 6.90. The summed E-state index contributed by atoms with van der Waals surface area (Å²) in [4.78, 5) is 4.38. The highest BCUT2D eigenvalue weighted by Gasteiger charge is 2.05. The smallest absolute Gasteiger partial charge is 0.0452 e. The number of aryl methyl sites for hydroxylation is 2. The van der Waals surface area contributed by atoms with E-state index in [9.17, 15) is 0 Å². The molecule has 0 fully saturated rings. The molecule has 2 aromatic rings. The summed E-state index contributed by atoms with van der Waals surface area (Å²) in [6.45, 7) is 0.617. The second-order valence-electron chi connectivity index (χ2n) is 4.38. The topological polar surface area (TPSA) is 38.9 Å². The normalized spacial score (nSPS) is 10.7. The van der Waals surface area contributed by atoms with Crippen molar-refractivity contribution in [3.63, 3.8) is 0 Å². The van der Waals surface area contributed by atoms with Crippen molar-refractivity contribution >= 4 is 23.2 Å². The maximum Gasteiger partial charge on any atom is 0.0452 e. The molecule has 0 spiro atoms. The van der Waals surface area contributed by atoms with Gasteiger partial charge in [-0.3, -0.25) is 4.98 Å². The van der Waals surface area contributed by atoms with Crippen molar-refractivity contribution in [2.45, 2.75) is 19.3 Å². The number of halogens is 2. The van der Waals surface area contributed by atoms with E-state index in [0.29, 0.717) is 11.6 Å². The van der Waals surface area contributed by atoms with Crippen LogP contribution in [0.3, 0.4) is 0 Å². The Bertz CT molecular complexity index is 556. The molecule has 1 aromatic heterocycles. The van der Waals surface area contributed by atoms with E-state index in [2.05, 4.69) is 11.1 Å². The van der Waals surface area contributed by atoms with Crippen LogP contribution in [0, 0.1) is 0 Å². The number of hydrogen-bond donors (Lipinski definition) is 1. The number of pyridine rings is 1. The third kappa shape index (κ3) is 3.93. The summed E-state index contributed by atoms with van der Waals surface area (Å²) in [5.41, 5.74) is 9.02. The fourth-order valence-corrected chi connectivity index (χ4v) is 2.56. The number of rotatable bonds is 5. The highest BCUT2D eigenvalue weighted by atomic mass is 35.5. The average molecular weight is 295 g/mol. The first-order valence-electron chi connectivity index (χ1n) is 6.27. The Kier molecular flexibility index (Phi) is 5.20. The number of nitrogens with zero attached hydrogens (tertiary/aromatic N) is 1. The lowest BCUT2D eigenvalue weighted by molar-refractivity contribution is 0.863. The van der Waals surface area contributed by atoms with Gasteiger partial charge in [0, 0.05) is 28.4 Å². The van der Waals surface area contributed by atoms with Gasteiger partial charge in [0.15, 0.2) is 0 Å². The second-order valence-corrected chi connectivity index (χ2v) is 5.23. The Morgan fingerprint density at radius 2 is 1.79 bits per heavy atom. The van der Waals surface area contributed by atoms with E-state index < -0.39 is 0 Å². The molecular weight excluding hydrogens is 279 g/mol. The van der Waals surface area contributed by atoms with Gasteiger partial charge in [0.05, 0.1) is 0 Å². The van der Waals surface area contributed by atoms with Crippen LogP contribution in [0.4, 0.5) is 0 Å². The summed E-state index contributed by atoms with van der Waals surface area (Å²) in [6.07, 6.45) is 4.40. The van der Waals surface area contributed by atoms with E-state index in [1.54, 1.807) is 6.07 Å². The largest absolute Gasteiger partial charge is 0.330 e. The van der Waals surface area contributed by atoms with Gasteiger partial charge in [-0.2, -0.15) is 0 Å². The predicted octanol–water partition coefficient (Wildman–Crippen LogP) is 3.67. The first-order valence-corrected chi connectivity index (χ1v) is 7.03. The predicted molar refractivity (Wildman–Crippen MR) is 80.9 cm³/mol. The first-order chi connectivity index (χ1) is 9.20. The summed E-state index contributed by atoms with van der Waals surface area (Å²) >= 11 is 12.1. The third-order valence-electron chi connectivity index (χ3n) is 3.04. The molecule has 0 aliphatic heterocycles. The summed E-state index contributed by atoms with van der Waals surface area (Å²) in [7, 11) is 0. The average Bonchev–Trinajstić information content (AvgIpc) is 2.40. The molecule has 0 amide bonds. The van der Waals surface area contributed by atoms with Gasteiger partial charge in [0.1, 0.15) is 0 Å². The molecule has 1 aromatic carbocycles. The monoisotopic (exact) mass is 294 g/mol. The molecule has 0 saturated carbocycles. The number of hydrogen-bond acceptors (Lipinski definition) is 2. The Balaban J connectivity index is 2.10. The van der Waals surface area contributed by atoms with Crippen molar-refractivity contribution in [3.05, 3.63) is 63.4 Å². The van der Waals surface area contributed by atoms with Gasteiger partial charge in [-0.15, -0.1) is 0 Å². The van der Waals surface area contributed by atoms with Crippen molar-refractivity contribution in [2.24, 2.45) is 5.73 Å². The maximum atomic E-state index is 6.18. The van der Waals surface area contributed by atoms with Crippen LogP contribution in [0.25, 0.3) is 0 Å². The lowest BCUT2D eigenvalue weighted by Gasteiger charge is -2.08. The van der Waals surface area contributed by atoms with Crippen LogP contribution in [0.1, 0.15) is 16.8 Å². The summed E-state index contributed by atoms with van der Waals surface area (Å²) in [5.74, 6) is 0. The molecule has 0 aliphatic rings. The minimum absolute atomic E-state index is 0.617. The lowest BCUT2D eigenvalue weighted by atomic mass is 10.0. The minimum atomic E-state index is 0.617. The van der Waals surface area contributed by atoms with Crippen LogP contribution in [-0.2, 0) is 19.3 Å². The van der Waals surface area contributed by atoms with E-state index >= 15 is 0 Å². The Morgan fingerprint density at radius 1 is 1.00 bits per heavy atom. The summed E-state index contributed by atoms with van der Waals surface area (Å²) in [6, 6.07) is 9.68. The fraction of sp³-hybridized carbons (Fsp3) is 0.267. The van der Waals surface area contributed by atoms with Crippen molar-refractivity contribution < 1.29 is 0 Å². The van der Waals surface area contributed by atoms with Crippen molar-refractivity contribution in [2.75, 3.05) is 6.54 Å². The van der Waals surface area contributed by atoms with E-state index in [1.807, 2.05) is 24.4 Å². The summed E-state index contributed by atoms with van der Waals surface area (Å²) in [5, 5.41) is 1.38. The summed E-state index contributed by atoms with van der Waals surface area (Å²) < 4.78 is 0. The minimum Gasteiger partial charge on any atom is -0.330 e. The molecule has 19 heavy (non-hydrogen) atoms. The zero-order valence-electron chi connectivity index (χ0n) is 10.6. The molecule has 2 N–H and O–H groups in total. The van der Waals surface area contributed by atoms with Crippen LogP contribution >= 0.6 is 23.2 Å². The number of benzene rings is 1. The van der Waals surface area contributed by atoms with E-state index in [4.69, 9.17) is 28.9 Å². The Morgan fingerprint density at radius 3 is 2.53 bits per heavy atom. The van der Waals surface area contributed by atoms with Gasteiger partial charge in [-0.05, 0) is 48.7 Å². The molecule has 0 atom stereocenters. The Hall–Kier alpha value is -1.09. The molecule has 0 unspecified atom stereocenters. The molecule has 100 valence electrons. The Labute approximate surface area is 123 Å². The molecule has 1 heterocycles. The van der Waals surface area contributed by atoms with Gasteiger partial charge in [-0.25, -0.2) is 0 Å². The van der Waals surface area contributed by atoms with E-state index in [1.165, 1.54) is 5.56 Å². The van der Waals surface area contributed by atoms with Crippen LogP contribution in [-0.4, -0.2) is 11.5 Å². The van der Waals surface area contributed by atoms with Gasteiger partial charge >= 0.3 is 0 Å². The van der Waals surface area contributed by atoms with Gasteiger partial charge in [0.25, 0.3) is 0 Å². The molecule has 0 radical (unpaired) electrons. The molecule has 0 saturated heterocycles. The van der Waals surface area contributed by atoms with E-state index in [-0.39, 0.29) is 0 Å². The molecule has 2 nitrogen and oxygen atoms in total.